The Balaban J connectivity index is 2.80. The maximum atomic E-state index is 10.8. The third kappa shape index (κ3) is 2.85. The van der Waals surface area contributed by atoms with Crippen molar-refractivity contribution in [3.8, 4) is 6.07 Å². The summed E-state index contributed by atoms with van der Waals surface area (Å²) in [6.07, 6.45) is 1.59. The zero-order chi connectivity index (χ0) is 12.1. The summed E-state index contributed by atoms with van der Waals surface area (Å²) in [5, 5.41) is 19.9. The van der Waals surface area contributed by atoms with Crippen molar-refractivity contribution >= 4 is 11.9 Å². The van der Waals surface area contributed by atoms with Crippen LogP contribution in [0.5, 0.6) is 0 Å². The number of aliphatic carboxylic acids is 1. The van der Waals surface area contributed by atoms with Crippen LogP contribution in [0.2, 0.25) is 0 Å². The average molecular weight is 221 g/mol. The number of carboxylic acids is 1. The van der Waals surface area contributed by atoms with E-state index in [0.717, 1.165) is 0 Å². The molecule has 0 saturated heterocycles. The Labute approximate surface area is 92.1 Å². The van der Waals surface area contributed by atoms with E-state index in [1.54, 1.807) is 18.3 Å². The number of carbonyl (C=O) groups is 2. The summed E-state index contributed by atoms with van der Waals surface area (Å²) in [6, 6.07) is 4.12. The quantitative estimate of drug-likeness (QED) is 0.745. The van der Waals surface area contributed by atoms with Crippen molar-refractivity contribution in [2.24, 2.45) is 0 Å². The number of rotatable bonds is 4. The molecule has 1 rings (SSSR count). The van der Waals surface area contributed by atoms with Crippen molar-refractivity contribution in [2.75, 3.05) is 0 Å². The molecule has 1 heterocycles. The first-order chi connectivity index (χ1) is 7.54. The number of amides is 1. The van der Waals surface area contributed by atoms with Crippen molar-refractivity contribution in [1.82, 2.24) is 9.88 Å². The molecule has 0 aliphatic heterocycles. The van der Waals surface area contributed by atoms with E-state index in [4.69, 9.17) is 10.4 Å². The number of carboxylic acid groups (broad SMARTS) is 1. The van der Waals surface area contributed by atoms with Gasteiger partial charge in [0.25, 0.3) is 0 Å². The van der Waals surface area contributed by atoms with Crippen molar-refractivity contribution in [2.45, 2.75) is 19.5 Å². The smallest absolute Gasteiger partial charge is 0.328 e. The van der Waals surface area contributed by atoms with Gasteiger partial charge >= 0.3 is 5.97 Å². The van der Waals surface area contributed by atoms with Crippen LogP contribution in [-0.4, -0.2) is 27.6 Å². The summed E-state index contributed by atoms with van der Waals surface area (Å²) < 4.78 is 1.48. The SMILES string of the molecule is CC(=O)NC(Cn1cccc1C#N)C(=O)O. The molecule has 0 spiro atoms. The summed E-state index contributed by atoms with van der Waals surface area (Å²) >= 11 is 0. The standard InChI is InChI=1S/C10H11N3O3/c1-7(14)12-9(10(15)16)6-13-4-2-3-8(13)5-11/h2-4,9H,6H2,1H3,(H,12,14)(H,15,16). The van der Waals surface area contributed by atoms with Crippen LogP contribution in [0.25, 0.3) is 0 Å². The third-order valence-corrected chi connectivity index (χ3v) is 2.00. The highest BCUT2D eigenvalue weighted by atomic mass is 16.4. The van der Waals surface area contributed by atoms with Crippen LogP contribution in [0.15, 0.2) is 18.3 Å². The monoisotopic (exact) mass is 221 g/mol. The minimum Gasteiger partial charge on any atom is -0.480 e. The molecule has 0 saturated carbocycles. The van der Waals surface area contributed by atoms with Gasteiger partial charge in [-0.3, -0.25) is 4.79 Å². The molecule has 6 heteroatoms. The lowest BCUT2D eigenvalue weighted by Gasteiger charge is -2.14. The molecule has 84 valence electrons. The summed E-state index contributed by atoms with van der Waals surface area (Å²) in [5.41, 5.74) is 0.358. The number of aromatic nitrogens is 1. The van der Waals surface area contributed by atoms with Gasteiger partial charge in [-0.2, -0.15) is 5.26 Å². The van der Waals surface area contributed by atoms with Gasteiger partial charge in [-0.1, -0.05) is 0 Å². The zero-order valence-electron chi connectivity index (χ0n) is 8.67. The van der Waals surface area contributed by atoms with Crippen molar-refractivity contribution in [3.63, 3.8) is 0 Å². The molecule has 1 atom stereocenters. The van der Waals surface area contributed by atoms with Crippen LogP contribution < -0.4 is 5.32 Å². The van der Waals surface area contributed by atoms with Crippen molar-refractivity contribution in [3.05, 3.63) is 24.0 Å². The predicted octanol–water partition coefficient (Wildman–Crippen LogP) is -0.0509. The second kappa shape index (κ2) is 4.98. The Bertz CT molecular complexity index is 444. The zero-order valence-corrected chi connectivity index (χ0v) is 8.67. The van der Waals surface area contributed by atoms with Gasteiger partial charge in [0.15, 0.2) is 0 Å². The summed E-state index contributed by atoms with van der Waals surface area (Å²) in [7, 11) is 0. The van der Waals surface area contributed by atoms with Gasteiger partial charge in [0.2, 0.25) is 5.91 Å². The molecule has 1 unspecified atom stereocenters. The number of nitrogens with zero attached hydrogens (tertiary/aromatic N) is 2. The molecular weight excluding hydrogens is 210 g/mol. The molecule has 1 aromatic rings. The van der Waals surface area contributed by atoms with E-state index >= 15 is 0 Å². The van der Waals surface area contributed by atoms with Crippen LogP contribution in [-0.2, 0) is 16.1 Å². The van der Waals surface area contributed by atoms with E-state index in [9.17, 15) is 9.59 Å². The summed E-state index contributed by atoms with van der Waals surface area (Å²) in [5.74, 6) is -1.55. The first-order valence-corrected chi connectivity index (χ1v) is 4.59. The molecular formula is C10H11N3O3. The molecule has 6 nitrogen and oxygen atoms in total. The van der Waals surface area contributed by atoms with Gasteiger partial charge in [0, 0.05) is 13.1 Å². The van der Waals surface area contributed by atoms with Gasteiger partial charge in [-0.05, 0) is 12.1 Å². The van der Waals surface area contributed by atoms with Gasteiger partial charge in [0.1, 0.15) is 17.8 Å². The topological polar surface area (TPSA) is 95.1 Å². The van der Waals surface area contributed by atoms with E-state index in [2.05, 4.69) is 5.32 Å². The fourth-order valence-corrected chi connectivity index (χ4v) is 1.30. The number of carbonyl (C=O) groups excluding carboxylic acids is 1. The second-order valence-corrected chi connectivity index (χ2v) is 3.25. The Morgan fingerprint density at radius 2 is 2.38 bits per heavy atom. The fraction of sp³-hybridized carbons (Fsp3) is 0.300. The van der Waals surface area contributed by atoms with Crippen molar-refractivity contribution < 1.29 is 14.7 Å². The largest absolute Gasteiger partial charge is 0.480 e. The third-order valence-electron chi connectivity index (χ3n) is 2.00. The Kier molecular flexibility index (Phi) is 3.67. The maximum Gasteiger partial charge on any atom is 0.328 e. The lowest BCUT2D eigenvalue weighted by atomic mass is 10.3. The summed E-state index contributed by atoms with van der Waals surface area (Å²) in [4.78, 5) is 21.6. The van der Waals surface area contributed by atoms with E-state index in [0.29, 0.717) is 5.69 Å². The Morgan fingerprint density at radius 3 is 2.88 bits per heavy atom. The highest BCUT2D eigenvalue weighted by Crippen LogP contribution is 2.02. The van der Waals surface area contributed by atoms with Crippen LogP contribution in [0, 0.1) is 11.3 Å². The van der Waals surface area contributed by atoms with Crippen LogP contribution >= 0.6 is 0 Å². The maximum absolute atomic E-state index is 10.8. The lowest BCUT2D eigenvalue weighted by Crippen LogP contribution is -2.42. The average Bonchev–Trinajstić information content (AvgIpc) is 2.63. The van der Waals surface area contributed by atoms with E-state index in [1.807, 2.05) is 6.07 Å². The minimum atomic E-state index is -1.13. The number of hydrogen-bond acceptors (Lipinski definition) is 3. The van der Waals surface area contributed by atoms with Gasteiger partial charge in [-0.15, -0.1) is 0 Å². The van der Waals surface area contributed by atoms with E-state index in [-0.39, 0.29) is 6.54 Å². The minimum absolute atomic E-state index is 0.0325. The summed E-state index contributed by atoms with van der Waals surface area (Å²) in [6.45, 7) is 1.28. The lowest BCUT2D eigenvalue weighted by molar-refractivity contribution is -0.141. The fourth-order valence-electron chi connectivity index (χ4n) is 1.30. The van der Waals surface area contributed by atoms with Crippen LogP contribution in [0.3, 0.4) is 0 Å². The molecule has 0 bridgehead atoms. The van der Waals surface area contributed by atoms with Crippen molar-refractivity contribution in [1.29, 1.82) is 5.26 Å². The highest BCUT2D eigenvalue weighted by molar-refractivity contribution is 5.81. The van der Waals surface area contributed by atoms with Gasteiger partial charge in [-0.25, -0.2) is 4.79 Å². The van der Waals surface area contributed by atoms with Gasteiger partial charge in [0.05, 0.1) is 6.54 Å². The molecule has 2 N–H and O–H groups in total. The molecule has 1 amide bonds. The molecule has 0 aliphatic rings. The Hall–Kier alpha value is -2.29. The molecule has 16 heavy (non-hydrogen) atoms. The Morgan fingerprint density at radius 1 is 1.69 bits per heavy atom. The number of nitriles is 1. The molecule has 0 aromatic carbocycles. The van der Waals surface area contributed by atoms with Crippen LogP contribution in [0.4, 0.5) is 0 Å². The number of hydrogen-bond donors (Lipinski definition) is 2. The molecule has 0 fully saturated rings. The van der Waals surface area contributed by atoms with Gasteiger partial charge < -0.3 is 15.0 Å². The predicted molar refractivity (Wildman–Crippen MR) is 54.4 cm³/mol. The molecule has 0 radical (unpaired) electrons. The van der Waals surface area contributed by atoms with Crippen LogP contribution in [0.1, 0.15) is 12.6 Å². The number of nitrogens with one attached hydrogen (secondary N) is 1. The second-order valence-electron chi connectivity index (χ2n) is 3.25. The first-order valence-electron chi connectivity index (χ1n) is 4.59. The molecule has 1 aromatic heterocycles. The van der Waals surface area contributed by atoms with E-state index in [1.165, 1.54) is 11.5 Å². The van der Waals surface area contributed by atoms with E-state index < -0.39 is 17.9 Å². The first kappa shape index (κ1) is 11.8. The highest BCUT2D eigenvalue weighted by Gasteiger charge is 2.19. The normalized spacial score (nSPS) is 11.5. The molecule has 0 aliphatic carbocycles.